The fraction of sp³-hybridized carbons (Fsp3) is 0.867. The molecular formula is C15H23F3N2O4. The first kappa shape index (κ1) is 19.0. The van der Waals surface area contributed by atoms with Gasteiger partial charge in [0, 0.05) is 26.2 Å². The first-order chi connectivity index (χ1) is 11.2. The lowest BCUT2D eigenvalue weighted by Crippen LogP contribution is -2.45. The number of ether oxygens (including phenoxy) is 1. The smallest absolute Gasteiger partial charge is 0.475 e. The Kier molecular flexibility index (Phi) is 6.08. The van der Waals surface area contributed by atoms with Crippen molar-refractivity contribution >= 4 is 11.9 Å². The average molecular weight is 352 g/mol. The standard InChI is InChI=1S/C13H22N2O2.C2HF3O2/c1-2-14-8-10-7-11(12(9-14)17-10)13(16)15-5-3-4-6-15;3-2(4,5)1(6)7/h10-12H,2-9H2,1H3;(H,6,7). The number of carboxylic acids is 1. The summed E-state index contributed by atoms with van der Waals surface area (Å²) in [6.45, 7) is 7.13. The van der Waals surface area contributed by atoms with Gasteiger partial charge in [0.1, 0.15) is 0 Å². The highest BCUT2D eigenvalue weighted by molar-refractivity contribution is 5.80. The van der Waals surface area contributed by atoms with E-state index in [2.05, 4.69) is 11.8 Å². The van der Waals surface area contributed by atoms with Gasteiger partial charge in [-0.25, -0.2) is 4.79 Å². The van der Waals surface area contributed by atoms with Crippen LogP contribution in [0.5, 0.6) is 0 Å². The largest absolute Gasteiger partial charge is 0.490 e. The summed E-state index contributed by atoms with van der Waals surface area (Å²) in [6, 6.07) is 0. The van der Waals surface area contributed by atoms with E-state index in [1.165, 1.54) is 12.8 Å². The van der Waals surface area contributed by atoms with Crippen molar-refractivity contribution in [1.82, 2.24) is 9.80 Å². The van der Waals surface area contributed by atoms with Crippen LogP contribution >= 0.6 is 0 Å². The number of likely N-dealkylation sites (tertiary alicyclic amines) is 2. The molecule has 3 aliphatic rings. The van der Waals surface area contributed by atoms with Gasteiger partial charge in [-0.1, -0.05) is 6.92 Å². The molecule has 0 aromatic heterocycles. The van der Waals surface area contributed by atoms with Gasteiger partial charge in [-0.15, -0.1) is 0 Å². The molecular weight excluding hydrogens is 329 g/mol. The van der Waals surface area contributed by atoms with Crippen molar-refractivity contribution in [2.75, 3.05) is 32.7 Å². The summed E-state index contributed by atoms with van der Waals surface area (Å²) >= 11 is 0. The van der Waals surface area contributed by atoms with Crippen molar-refractivity contribution < 1.29 is 32.6 Å². The quantitative estimate of drug-likeness (QED) is 0.812. The summed E-state index contributed by atoms with van der Waals surface area (Å²) < 4.78 is 37.7. The number of carboxylic acid groups (broad SMARTS) is 1. The minimum absolute atomic E-state index is 0.134. The number of carbonyl (C=O) groups excluding carboxylic acids is 1. The topological polar surface area (TPSA) is 70.1 Å². The summed E-state index contributed by atoms with van der Waals surface area (Å²) in [5, 5.41) is 7.12. The Hall–Kier alpha value is -1.35. The van der Waals surface area contributed by atoms with Crippen molar-refractivity contribution in [1.29, 1.82) is 0 Å². The molecule has 24 heavy (non-hydrogen) atoms. The number of nitrogens with zero attached hydrogens (tertiary/aromatic N) is 2. The second-order valence-electron chi connectivity index (χ2n) is 6.33. The van der Waals surface area contributed by atoms with Crippen LogP contribution in [0.4, 0.5) is 13.2 Å². The second-order valence-corrected chi connectivity index (χ2v) is 6.33. The number of fused-ring (bicyclic) bond motifs is 2. The van der Waals surface area contributed by atoms with Crippen LogP contribution in [0.25, 0.3) is 0 Å². The highest BCUT2D eigenvalue weighted by atomic mass is 19.4. The molecule has 1 amide bonds. The zero-order valence-electron chi connectivity index (χ0n) is 13.6. The Labute approximate surface area is 138 Å². The molecule has 0 radical (unpaired) electrons. The van der Waals surface area contributed by atoms with E-state index in [0.717, 1.165) is 39.1 Å². The van der Waals surface area contributed by atoms with Gasteiger partial charge < -0.3 is 14.7 Å². The molecule has 3 saturated heterocycles. The van der Waals surface area contributed by atoms with Gasteiger partial charge in [-0.3, -0.25) is 9.69 Å². The maximum atomic E-state index is 12.4. The Morgan fingerprint density at radius 2 is 1.79 bits per heavy atom. The Balaban J connectivity index is 0.000000256. The molecule has 3 heterocycles. The van der Waals surface area contributed by atoms with Crippen molar-refractivity contribution in [3.8, 4) is 0 Å². The van der Waals surface area contributed by atoms with E-state index in [-0.39, 0.29) is 12.0 Å². The molecule has 9 heteroatoms. The van der Waals surface area contributed by atoms with E-state index in [1.807, 2.05) is 4.90 Å². The number of morpholine rings is 1. The molecule has 0 aliphatic carbocycles. The Bertz CT molecular complexity index is 466. The molecule has 3 aliphatic heterocycles. The lowest BCUT2D eigenvalue weighted by atomic mass is 9.99. The average Bonchev–Trinajstić information content (AvgIpc) is 3.14. The van der Waals surface area contributed by atoms with Crippen LogP contribution < -0.4 is 0 Å². The van der Waals surface area contributed by atoms with Gasteiger partial charge in [0.15, 0.2) is 0 Å². The predicted molar refractivity (Wildman–Crippen MR) is 78.4 cm³/mol. The molecule has 6 nitrogen and oxygen atoms in total. The van der Waals surface area contributed by atoms with E-state index in [9.17, 15) is 18.0 Å². The number of aliphatic carboxylic acids is 1. The summed E-state index contributed by atoms with van der Waals surface area (Å²) in [4.78, 5) is 25.8. The van der Waals surface area contributed by atoms with E-state index in [1.54, 1.807) is 0 Å². The van der Waals surface area contributed by atoms with Crippen LogP contribution in [-0.2, 0) is 14.3 Å². The number of halogens is 3. The van der Waals surface area contributed by atoms with Crippen LogP contribution in [-0.4, -0.2) is 77.9 Å². The number of carbonyl (C=O) groups is 2. The fourth-order valence-electron chi connectivity index (χ4n) is 3.43. The molecule has 3 fully saturated rings. The third-order valence-corrected chi connectivity index (χ3v) is 4.66. The van der Waals surface area contributed by atoms with Gasteiger partial charge >= 0.3 is 12.1 Å². The lowest BCUT2D eigenvalue weighted by Gasteiger charge is -2.32. The van der Waals surface area contributed by atoms with Crippen molar-refractivity contribution in [2.24, 2.45) is 5.92 Å². The monoisotopic (exact) mass is 352 g/mol. The second kappa shape index (κ2) is 7.69. The van der Waals surface area contributed by atoms with Gasteiger partial charge in [0.2, 0.25) is 5.91 Å². The summed E-state index contributed by atoms with van der Waals surface area (Å²) in [5.41, 5.74) is 0. The van der Waals surface area contributed by atoms with E-state index >= 15 is 0 Å². The van der Waals surface area contributed by atoms with Crippen LogP contribution in [0, 0.1) is 5.92 Å². The Morgan fingerprint density at radius 1 is 1.21 bits per heavy atom. The van der Waals surface area contributed by atoms with Gasteiger partial charge in [-0.2, -0.15) is 13.2 Å². The fourth-order valence-corrected chi connectivity index (χ4v) is 3.43. The number of amides is 1. The number of likely N-dealkylation sites (N-methyl/N-ethyl adjacent to an activating group) is 1. The number of rotatable bonds is 2. The molecule has 0 aromatic rings. The SMILES string of the molecule is CCN1CC2CC(C(=O)N3CCCC3)C(C1)O2.O=C(O)C(F)(F)F. The van der Waals surface area contributed by atoms with Crippen LogP contribution in [0.1, 0.15) is 26.2 Å². The zero-order chi connectivity index (χ0) is 17.9. The van der Waals surface area contributed by atoms with Crippen LogP contribution in [0.15, 0.2) is 0 Å². The zero-order valence-corrected chi connectivity index (χ0v) is 13.6. The first-order valence-electron chi connectivity index (χ1n) is 8.19. The third kappa shape index (κ3) is 4.60. The highest BCUT2D eigenvalue weighted by Crippen LogP contribution is 2.33. The van der Waals surface area contributed by atoms with Gasteiger partial charge in [0.25, 0.3) is 0 Å². The molecule has 0 aromatic carbocycles. The van der Waals surface area contributed by atoms with Crippen LogP contribution in [0.3, 0.4) is 0 Å². The molecule has 0 saturated carbocycles. The minimum Gasteiger partial charge on any atom is -0.475 e. The normalized spacial score (nSPS) is 30.0. The lowest BCUT2D eigenvalue weighted by molar-refractivity contribution is -0.192. The molecule has 1 N–H and O–H groups in total. The summed E-state index contributed by atoms with van der Waals surface area (Å²) in [6.07, 6.45) is -1.34. The number of alkyl halides is 3. The number of hydrogen-bond acceptors (Lipinski definition) is 4. The molecule has 138 valence electrons. The summed E-state index contributed by atoms with van der Waals surface area (Å²) in [7, 11) is 0. The maximum Gasteiger partial charge on any atom is 0.490 e. The predicted octanol–water partition coefficient (Wildman–Crippen LogP) is 1.35. The molecule has 3 unspecified atom stereocenters. The molecule has 3 atom stereocenters. The van der Waals surface area contributed by atoms with Crippen molar-refractivity contribution in [2.45, 2.75) is 44.6 Å². The van der Waals surface area contributed by atoms with Crippen molar-refractivity contribution in [3.05, 3.63) is 0 Å². The van der Waals surface area contributed by atoms with E-state index < -0.39 is 12.1 Å². The van der Waals surface area contributed by atoms with E-state index in [4.69, 9.17) is 14.6 Å². The maximum absolute atomic E-state index is 12.4. The van der Waals surface area contributed by atoms with Crippen molar-refractivity contribution in [3.63, 3.8) is 0 Å². The van der Waals surface area contributed by atoms with Crippen LogP contribution in [0.2, 0.25) is 0 Å². The summed E-state index contributed by atoms with van der Waals surface area (Å²) in [5.74, 6) is -2.27. The minimum atomic E-state index is -5.08. The first-order valence-corrected chi connectivity index (χ1v) is 8.19. The molecule has 2 bridgehead atoms. The molecule has 0 spiro atoms. The number of hydrogen-bond donors (Lipinski definition) is 1. The van der Waals surface area contributed by atoms with E-state index in [0.29, 0.717) is 12.0 Å². The highest BCUT2D eigenvalue weighted by Gasteiger charge is 2.45. The van der Waals surface area contributed by atoms with Gasteiger partial charge in [-0.05, 0) is 25.8 Å². The Morgan fingerprint density at radius 3 is 2.29 bits per heavy atom. The third-order valence-electron chi connectivity index (χ3n) is 4.66. The van der Waals surface area contributed by atoms with Gasteiger partial charge in [0.05, 0.1) is 18.1 Å². The molecule has 3 rings (SSSR count).